The van der Waals surface area contributed by atoms with Crippen molar-refractivity contribution in [3.63, 3.8) is 0 Å². The van der Waals surface area contributed by atoms with Crippen molar-refractivity contribution in [1.82, 2.24) is 0 Å². The van der Waals surface area contributed by atoms with E-state index in [-0.39, 0.29) is 47.3 Å². The van der Waals surface area contributed by atoms with Gasteiger partial charge in [-0.05, 0) is 25.5 Å². The Morgan fingerprint density at radius 3 is 1.56 bits per heavy atom. The Hall–Kier alpha value is -0.930. The van der Waals surface area contributed by atoms with Gasteiger partial charge < -0.3 is 14.0 Å². The first kappa shape index (κ1) is 35.1. The normalized spacial score (nSPS) is 12.0. The largest absolute Gasteiger partial charge is 1.00 e. The van der Waals surface area contributed by atoms with Gasteiger partial charge in [0.1, 0.15) is 10.1 Å². The van der Waals surface area contributed by atoms with Crippen molar-refractivity contribution < 1.29 is 61.6 Å². The molecule has 0 saturated heterocycles. The summed E-state index contributed by atoms with van der Waals surface area (Å²) in [6.45, 7) is 3.46. The van der Waals surface area contributed by atoms with E-state index in [1.54, 1.807) is 6.07 Å². The third-order valence-corrected chi connectivity index (χ3v) is 6.94. The summed E-state index contributed by atoms with van der Waals surface area (Å²) < 4.78 is 42.9. The molecule has 0 aliphatic rings. The molecule has 9 heteroatoms. The summed E-state index contributed by atoms with van der Waals surface area (Å²) in [5.41, 5.74) is -2.00. The number of benzene rings is 1. The van der Waals surface area contributed by atoms with Crippen LogP contribution in [0.4, 0.5) is 0 Å². The van der Waals surface area contributed by atoms with Crippen molar-refractivity contribution in [2.24, 2.45) is 0 Å². The molecule has 7 nitrogen and oxygen atoms in total. The van der Waals surface area contributed by atoms with Crippen LogP contribution in [0.1, 0.15) is 131 Å². The summed E-state index contributed by atoms with van der Waals surface area (Å²) in [4.78, 5) is 24.6. The molecule has 1 unspecified atom stereocenters. The summed E-state index contributed by atoms with van der Waals surface area (Å²) >= 11 is 0. The molecular formula is C27H43NaO7S. The van der Waals surface area contributed by atoms with Crippen molar-refractivity contribution in [3.05, 3.63) is 35.4 Å². The van der Waals surface area contributed by atoms with Crippen LogP contribution >= 0.6 is 0 Å². The maximum absolute atomic E-state index is 12.4. The summed E-state index contributed by atoms with van der Waals surface area (Å²) in [6.07, 6.45) is 18.7. The molecule has 0 N–H and O–H groups in total. The van der Waals surface area contributed by atoms with Gasteiger partial charge in [-0.2, -0.15) is 0 Å². The van der Waals surface area contributed by atoms with Crippen LogP contribution in [0.2, 0.25) is 0 Å². The van der Waals surface area contributed by atoms with Gasteiger partial charge >= 0.3 is 41.5 Å². The van der Waals surface area contributed by atoms with E-state index in [0.29, 0.717) is 0 Å². The molecule has 1 rings (SSSR count). The van der Waals surface area contributed by atoms with Crippen LogP contribution in [0.3, 0.4) is 0 Å². The zero-order chi connectivity index (χ0) is 25.9. The van der Waals surface area contributed by atoms with Crippen molar-refractivity contribution >= 4 is 22.1 Å². The molecular weight excluding hydrogens is 491 g/mol. The van der Waals surface area contributed by atoms with E-state index in [2.05, 4.69) is 11.7 Å². The molecule has 1 aromatic carbocycles. The van der Waals surface area contributed by atoms with Crippen molar-refractivity contribution in [3.8, 4) is 0 Å². The van der Waals surface area contributed by atoms with Gasteiger partial charge in [-0.25, -0.2) is 18.0 Å². The topological polar surface area (TPSA) is 110 Å². The standard InChI is InChI=1S/C27H44O7S.Na/c1-3-4-5-6-7-8-9-10-11-12-13-14-15-16-19-22-33-26(28)24-20-17-18-21-25(24)27(29)34-23(2)35(30,31)32;/h17-18,20-21,23H,3-16,19,22H2,1-2H3,(H,30,31,32);/q;+1/p-1. The molecule has 0 bridgehead atoms. The van der Waals surface area contributed by atoms with Crippen LogP contribution in [-0.4, -0.2) is 37.0 Å². The van der Waals surface area contributed by atoms with Crippen LogP contribution in [0.5, 0.6) is 0 Å². The molecule has 0 amide bonds. The summed E-state index contributed by atoms with van der Waals surface area (Å²) in [5, 5.41) is 0. The average Bonchev–Trinajstić information content (AvgIpc) is 2.83. The number of esters is 2. The quantitative estimate of drug-likeness (QED) is 0.108. The third kappa shape index (κ3) is 16.0. The SMILES string of the molecule is CCCCCCCCCCCCCCCCCOC(=O)c1ccccc1C(=O)OC(C)S(=O)(=O)[O-].[Na+]. The smallest absolute Gasteiger partial charge is 0.745 e. The van der Waals surface area contributed by atoms with E-state index in [1.165, 1.54) is 95.2 Å². The second-order valence-electron chi connectivity index (χ2n) is 9.10. The second-order valence-corrected chi connectivity index (χ2v) is 10.7. The zero-order valence-corrected chi connectivity index (χ0v) is 25.3. The Morgan fingerprint density at radius 2 is 1.14 bits per heavy atom. The second kappa shape index (κ2) is 21.1. The number of ether oxygens (including phenoxy) is 2. The Balaban J connectivity index is 0.0000122. The Kier molecular flexibility index (Phi) is 20.5. The Morgan fingerprint density at radius 1 is 0.750 bits per heavy atom. The molecule has 0 saturated carbocycles. The molecule has 0 heterocycles. The monoisotopic (exact) mass is 534 g/mol. The minimum absolute atomic E-state index is 0. The first-order chi connectivity index (χ1) is 16.8. The fourth-order valence-electron chi connectivity index (χ4n) is 3.83. The molecule has 0 aromatic heterocycles. The number of carbonyl (C=O) groups excluding carboxylic acids is 2. The Bertz CT molecular complexity index is 842. The minimum Gasteiger partial charge on any atom is -0.745 e. The van der Waals surface area contributed by atoms with Crippen LogP contribution in [0, 0.1) is 0 Å². The van der Waals surface area contributed by atoms with Crippen LogP contribution in [0.25, 0.3) is 0 Å². The van der Waals surface area contributed by atoms with Crippen molar-refractivity contribution in [2.75, 3.05) is 6.61 Å². The predicted molar refractivity (Wildman–Crippen MR) is 136 cm³/mol. The number of hydrogen-bond acceptors (Lipinski definition) is 7. The van der Waals surface area contributed by atoms with E-state index in [1.807, 2.05) is 0 Å². The zero-order valence-electron chi connectivity index (χ0n) is 22.5. The Labute approximate surface area is 240 Å². The van der Waals surface area contributed by atoms with Crippen molar-refractivity contribution in [1.29, 1.82) is 0 Å². The van der Waals surface area contributed by atoms with E-state index in [9.17, 15) is 22.6 Å². The maximum atomic E-state index is 12.4. The first-order valence-corrected chi connectivity index (χ1v) is 14.7. The molecule has 0 aliphatic heterocycles. The van der Waals surface area contributed by atoms with E-state index in [4.69, 9.17) is 4.74 Å². The maximum Gasteiger partial charge on any atom is 1.00 e. The molecule has 0 aliphatic carbocycles. The number of hydrogen-bond donors (Lipinski definition) is 0. The van der Waals surface area contributed by atoms with Gasteiger partial charge in [-0.3, -0.25) is 0 Å². The fourth-order valence-corrected chi connectivity index (χ4v) is 4.03. The summed E-state index contributed by atoms with van der Waals surface area (Å²) in [5.74, 6) is -1.74. The number of carbonyl (C=O) groups is 2. The molecule has 0 radical (unpaired) electrons. The predicted octanol–water partition coefficient (Wildman–Crippen LogP) is 3.77. The van der Waals surface area contributed by atoms with Crippen LogP contribution < -0.4 is 29.6 Å². The number of unbranched alkanes of at least 4 members (excludes halogenated alkanes) is 14. The fraction of sp³-hybridized carbons (Fsp3) is 0.704. The van der Waals surface area contributed by atoms with Gasteiger partial charge in [0, 0.05) is 0 Å². The molecule has 1 atom stereocenters. The number of rotatable bonds is 20. The summed E-state index contributed by atoms with van der Waals surface area (Å²) in [7, 11) is -4.79. The van der Waals surface area contributed by atoms with Gasteiger partial charge in [-0.15, -0.1) is 0 Å². The molecule has 0 fully saturated rings. The van der Waals surface area contributed by atoms with E-state index in [0.717, 1.165) is 26.2 Å². The molecule has 0 spiro atoms. The van der Waals surface area contributed by atoms with Gasteiger partial charge in [-0.1, -0.05) is 109 Å². The van der Waals surface area contributed by atoms with Crippen molar-refractivity contribution in [2.45, 2.75) is 116 Å². The van der Waals surface area contributed by atoms with Crippen LogP contribution in [-0.2, 0) is 19.6 Å². The van der Waals surface area contributed by atoms with Gasteiger partial charge in [0.25, 0.3) is 0 Å². The first-order valence-electron chi connectivity index (χ1n) is 13.2. The third-order valence-electron chi connectivity index (χ3n) is 6.03. The molecule has 36 heavy (non-hydrogen) atoms. The van der Waals surface area contributed by atoms with Crippen LogP contribution in [0.15, 0.2) is 24.3 Å². The van der Waals surface area contributed by atoms with Gasteiger partial charge in [0.15, 0.2) is 5.44 Å². The molecule has 200 valence electrons. The van der Waals surface area contributed by atoms with E-state index < -0.39 is 27.5 Å². The molecule has 1 aromatic rings. The van der Waals surface area contributed by atoms with Gasteiger partial charge in [0.05, 0.1) is 17.7 Å². The minimum atomic E-state index is -4.79. The summed E-state index contributed by atoms with van der Waals surface area (Å²) in [6, 6.07) is 5.81. The van der Waals surface area contributed by atoms with Gasteiger partial charge in [0.2, 0.25) is 0 Å². The average molecular weight is 535 g/mol. The van der Waals surface area contributed by atoms with E-state index >= 15 is 0 Å².